The standard InChI is InChI=1S/C60H42N2/c1-4-19-43(20-5-1)47-25-16-27-50(41-47)61(59-36-18-33-53(46-23-8-3-9-24-46)60(59)56-32-11-10-29-52(56)45-21-6-2-7-22-45)49-39-37-44(38-40-49)48-26-17-28-51(42-48)62-57-34-14-12-30-54(57)55-31-13-15-35-58(55)62/h1-42H. The first-order valence-corrected chi connectivity index (χ1v) is 21.3. The fourth-order valence-electron chi connectivity index (χ4n) is 9.15. The Balaban J connectivity index is 1.10. The summed E-state index contributed by atoms with van der Waals surface area (Å²) < 4.78 is 2.39. The lowest BCUT2D eigenvalue weighted by Gasteiger charge is -2.30. The summed E-state index contributed by atoms with van der Waals surface area (Å²) in [5.41, 5.74) is 18.5. The molecule has 1 heterocycles. The van der Waals surface area contributed by atoms with Crippen LogP contribution in [0.25, 0.3) is 83.1 Å². The Bertz CT molecular complexity index is 3280. The molecule has 0 radical (unpaired) electrons. The Labute approximate surface area is 362 Å². The van der Waals surface area contributed by atoms with E-state index in [0.717, 1.165) is 39.4 Å². The zero-order chi connectivity index (χ0) is 41.2. The summed E-state index contributed by atoms with van der Waals surface area (Å²) >= 11 is 0. The number of benzene rings is 10. The molecule has 0 aliphatic heterocycles. The van der Waals surface area contributed by atoms with Crippen molar-refractivity contribution in [1.82, 2.24) is 4.57 Å². The third-order valence-electron chi connectivity index (χ3n) is 12.0. The summed E-state index contributed by atoms with van der Waals surface area (Å²) in [6.45, 7) is 0. The third kappa shape index (κ3) is 6.74. The number of hydrogen-bond acceptors (Lipinski definition) is 1. The highest BCUT2D eigenvalue weighted by molar-refractivity contribution is 6.09. The van der Waals surface area contributed by atoms with Crippen LogP contribution < -0.4 is 4.90 Å². The highest BCUT2D eigenvalue weighted by Gasteiger charge is 2.23. The summed E-state index contributed by atoms with van der Waals surface area (Å²) in [6.07, 6.45) is 0. The van der Waals surface area contributed by atoms with Gasteiger partial charge in [-0.3, -0.25) is 0 Å². The topological polar surface area (TPSA) is 8.17 Å². The Hall–Kier alpha value is -8.20. The van der Waals surface area contributed by atoms with Gasteiger partial charge in [-0.1, -0.05) is 200 Å². The predicted molar refractivity (Wildman–Crippen MR) is 263 cm³/mol. The molecule has 0 aliphatic carbocycles. The van der Waals surface area contributed by atoms with Crippen molar-refractivity contribution in [1.29, 1.82) is 0 Å². The molecule has 0 N–H and O–H groups in total. The number of para-hydroxylation sites is 2. The molecule has 292 valence electrons. The zero-order valence-corrected chi connectivity index (χ0v) is 34.1. The highest BCUT2D eigenvalue weighted by Crippen LogP contribution is 2.48. The second-order valence-electron chi connectivity index (χ2n) is 15.7. The van der Waals surface area contributed by atoms with Crippen molar-refractivity contribution in [2.75, 3.05) is 4.90 Å². The van der Waals surface area contributed by atoms with Crippen LogP contribution in [-0.2, 0) is 0 Å². The molecule has 0 aliphatic rings. The van der Waals surface area contributed by atoms with E-state index in [1.54, 1.807) is 0 Å². The second-order valence-corrected chi connectivity index (χ2v) is 15.7. The Kier molecular flexibility index (Phi) is 9.57. The molecular weight excluding hydrogens is 749 g/mol. The SMILES string of the molecule is c1ccc(-c2cccc(N(c3ccc(-c4cccc(-n5c6ccccc6c6ccccc65)c4)cc3)c3cccc(-c4ccccc4)c3-c3ccccc3-c3ccccc3)c2)cc1. The quantitative estimate of drug-likeness (QED) is 0.141. The minimum atomic E-state index is 1.07. The van der Waals surface area contributed by atoms with Crippen molar-refractivity contribution in [3.63, 3.8) is 0 Å². The average molecular weight is 791 g/mol. The van der Waals surface area contributed by atoms with Crippen LogP contribution in [0.1, 0.15) is 0 Å². The van der Waals surface area contributed by atoms with Crippen LogP contribution in [0.15, 0.2) is 255 Å². The van der Waals surface area contributed by atoms with Gasteiger partial charge in [0.05, 0.1) is 16.7 Å². The number of rotatable bonds is 9. The van der Waals surface area contributed by atoms with Gasteiger partial charge in [0.2, 0.25) is 0 Å². The first-order valence-electron chi connectivity index (χ1n) is 21.3. The summed E-state index contributed by atoms with van der Waals surface area (Å²) in [6, 6.07) is 92.1. The van der Waals surface area contributed by atoms with Gasteiger partial charge in [0.15, 0.2) is 0 Å². The van der Waals surface area contributed by atoms with Crippen LogP contribution in [0, 0.1) is 0 Å². The van der Waals surface area contributed by atoms with E-state index in [9.17, 15) is 0 Å². The monoisotopic (exact) mass is 790 g/mol. The molecule has 0 unspecified atom stereocenters. The molecule has 0 saturated heterocycles. The molecule has 0 saturated carbocycles. The lowest BCUT2D eigenvalue weighted by atomic mass is 9.87. The number of hydrogen-bond donors (Lipinski definition) is 0. The molecule has 0 spiro atoms. The van der Waals surface area contributed by atoms with Gasteiger partial charge in [0.1, 0.15) is 0 Å². The molecule has 11 rings (SSSR count). The van der Waals surface area contributed by atoms with E-state index in [1.807, 2.05) is 0 Å². The van der Waals surface area contributed by atoms with E-state index in [4.69, 9.17) is 0 Å². The van der Waals surface area contributed by atoms with Gasteiger partial charge < -0.3 is 9.47 Å². The van der Waals surface area contributed by atoms with Crippen molar-refractivity contribution < 1.29 is 0 Å². The Morgan fingerprint density at radius 1 is 0.274 bits per heavy atom. The first-order chi connectivity index (χ1) is 30.8. The molecule has 2 heteroatoms. The normalized spacial score (nSPS) is 11.2. The van der Waals surface area contributed by atoms with Gasteiger partial charge in [-0.2, -0.15) is 0 Å². The van der Waals surface area contributed by atoms with E-state index < -0.39 is 0 Å². The van der Waals surface area contributed by atoms with Gasteiger partial charge in [0.25, 0.3) is 0 Å². The molecule has 0 bridgehead atoms. The van der Waals surface area contributed by atoms with Crippen molar-refractivity contribution in [3.8, 4) is 61.3 Å². The maximum Gasteiger partial charge on any atom is 0.0546 e. The van der Waals surface area contributed by atoms with Gasteiger partial charge in [-0.05, 0) is 105 Å². The number of anilines is 3. The van der Waals surface area contributed by atoms with E-state index in [1.165, 1.54) is 60.8 Å². The number of aromatic nitrogens is 1. The Morgan fingerprint density at radius 2 is 0.742 bits per heavy atom. The molecule has 1 aromatic heterocycles. The lowest BCUT2D eigenvalue weighted by molar-refractivity contribution is 1.18. The third-order valence-corrected chi connectivity index (χ3v) is 12.0. The van der Waals surface area contributed by atoms with Crippen molar-refractivity contribution in [2.45, 2.75) is 0 Å². The minimum Gasteiger partial charge on any atom is -0.310 e. The second kappa shape index (κ2) is 16.1. The van der Waals surface area contributed by atoms with Crippen molar-refractivity contribution in [3.05, 3.63) is 255 Å². The molecule has 0 atom stereocenters. The van der Waals surface area contributed by atoms with Crippen LogP contribution in [-0.4, -0.2) is 4.57 Å². The van der Waals surface area contributed by atoms with Gasteiger partial charge in [-0.15, -0.1) is 0 Å². The average Bonchev–Trinajstić information content (AvgIpc) is 3.70. The number of fused-ring (bicyclic) bond motifs is 3. The molecule has 2 nitrogen and oxygen atoms in total. The molecule has 0 fully saturated rings. The largest absolute Gasteiger partial charge is 0.310 e. The van der Waals surface area contributed by atoms with Crippen molar-refractivity contribution >= 4 is 38.9 Å². The van der Waals surface area contributed by atoms with Gasteiger partial charge in [-0.25, -0.2) is 0 Å². The highest BCUT2D eigenvalue weighted by atomic mass is 15.1. The first kappa shape index (κ1) is 36.8. The van der Waals surface area contributed by atoms with E-state index in [2.05, 4.69) is 264 Å². The Morgan fingerprint density at radius 3 is 1.40 bits per heavy atom. The van der Waals surface area contributed by atoms with Crippen LogP contribution in [0.5, 0.6) is 0 Å². The predicted octanol–water partition coefficient (Wildman–Crippen LogP) is 16.6. The molecule has 0 amide bonds. The zero-order valence-electron chi connectivity index (χ0n) is 34.1. The van der Waals surface area contributed by atoms with E-state index in [0.29, 0.717) is 0 Å². The fourth-order valence-corrected chi connectivity index (χ4v) is 9.15. The number of nitrogens with zero attached hydrogens (tertiary/aromatic N) is 2. The summed E-state index contributed by atoms with van der Waals surface area (Å²) in [4.78, 5) is 2.44. The maximum atomic E-state index is 2.44. The smallest absolute Gasteiger partial charge is 0.0546 e. The molecule has 11 aromatic rings. The maximum absolute atomic E-state index is 2.44. The lowest BCUT2D eigenvalue weighted by Crippen LogP contribution is -2.12. The van der Waals surface area contributed by atoms with Gasteiger partial charge >= 0.3 is 0 Å². The fraction of sp³-hybridized carbons (Fsp3) is 0. The van der Waals surface area contributed by atoms with Crippen LogP contribution in [0.3, 0.4) is 0 Å². The van der Waals surface area contributed by atoms with E-state index >= 15 is 0 Å². The minimum absolute atomic E-state index is 1.07. The molecular formula is C60H42N2. The van der Waals surface area contributed by atoms with Crippen LogP contribution in [0.4, 0.5) is 17.1 Å². The van der Waals surface area contributed by atoms with Crippen LogP contribution in [0.2, 0.25) is 0 Å². The molecule has 10 aromatic carbocycles. The van der Waals surface area contributed by atoms with Crippen molar-refractivity contribution in [2.24, 2.45) is 0 Å². The molecule has 62 heavy (non-hydrogen) atoms. The summed E-state index contributed by atoms with van der Waals surface area (Å²) in [7, 11) is 0. The summed E-state index contributed by atoms with van der Waals surface area (Å²) in [5, 5.41) is 2.52. The van der Waals surface area contributed by atoms with Gasteiger partial charge in [0, 0.05) is 33.4 Å². The van der Waals surface area contributed by atoms with E-state index in [-0.39, 0.29) is 0 Å². The summed E-state index contributed by atoms with van der Waals surface area (Å²) in [5.74, 6) is 0. The van der Waals surface area contributed by atoms with Crippen LogP contribution >= 0.6 is 0 Å².